The average molecular weight is 360 g/mol. The van der Waals surface area contributed by atoms with E-state index in [0.717, 1.165) is 0 Å². The van der Waals surface area contributed by atoms with Crippen molar-refractivity contribution in [2.75, 3.05) is 5.32 Å². The molecule has 7 heteroatoms. The van der Waals surface area contributed by atoms with E-state index in [1.807, 2.05) is 0 Å². The Kier molecular flexibility index (Phi) is 4.64. The lowest BCUT2D eigenvalue weighted by atomic mass is 10.2. The fourth-order valence-electron chi connectivity index (χ4n) is 2.14. The summed E-state index contributed by atoms with van der Waals surface area (Å²) in [4.78, 5) is 30.3. The number of rotatable bonds is 3. The second-order valence-electron chi connectivity index (χ2n) is 4.95. The van der Waals surface area contributed by atoms with Crippen LogP contribution in [0.15, 0.2) is 53.6 Å². The van der Waals surface area contributed by atoms with Gasteiger partial charge in [-0.1, -0.05) is 23.2 Å². The molecule has 0 spiro atoms. The molecule has 0 unspecified atom stereocenters. The number of nitrogens with zero attached hydrogens (tertiary/aromatic N) is 1. The van der Waals surface area contributed by atoms with Crippen molar-refractivity contribution in [1.29, 1.82) is 0 Å². The molecule has 2 N–H and O–H groups in total. The van der Waals surface area contributed by atoms with Crippen molar-refractivity contribution in [2.45, 2.75) is 0 Å². The van der Waals surface area contributed by atoms with Gasteiger partial charge in [0.25, 0.3) is 5.56 Å². The summed E-state index contributed by atoms with van der Waals surface area (Å²) in [6.45, 7) is 0. The maximum absolute atomic E-state index is 12.0. The summed E-state index contributed by atoms with van der Waals surface area (Å²) < 4.78 is 0. The number of benzene rings is 2. The number of hydrogen-bond donors (Lipinski definition) is 2. The van der Waals surface area contributed by atoms with Gasteiger partial charge in [-0.25, -0.2) is 4.98 Å². The summed E-state index contributed by atoms with van der Waals surface area (Å²) >= 11 is 11.9. The summed E-state index contributed by atoms with van der Waals surface area (Å²) in [5.41, 5.74) is 1.42. The Hall–Kier alpha value is -2.63. The van der Waals surface area contributed by atoms with Crippen molar-refractivity contribution < 1.29 is 4.79 Å². The second-order valence-corrected chi connectivity index (χ2v) is 5.80. The molecule has 3 aromatic rings. The molecule has 24 heavy (non-hydrogen) atoms. The fraction of sp³-hybridized carbons (Fsp3) is 0. The molecule has 5 nitrogen and oxygen atoms in total. The van der Waals surface area contributed by atoms with E-state index in [1.165, 1.54) is 12.4 Å². The van der Waals surface area contributed by atoms with Crippen LogP contribution in [0.4, 0.5) is 5.69 Å². The molecule has 0 bridgehead atoms. The molecule has 0 saturated carbocycles. The zero-order valence-corrected chi connectivity index (χ0v) is 13.7. The first-order chi connectivity index (χ1) is 11.5. The lowest BCUT2D eigenvalue weighted by Gasteiger charge is -2.04. The fourth-order valence-corrected chi connectivity index (χ4v) is 2.50. The lowest BCUT2D eigenvalue weighted by Crippen LogP contribution is -2.10. The molecule has 0 atom stereocenters. The van der Waals surface area contributed by atoms with Crippen molar-refractivity contribution in [3.63, 3.8) is 0 Å². The van der Waals surface area contributed by atoms with Gasteiger partial charge < -0.3 is 10.3 Å². The number of aromatic amines is 1. The Morgan fingerprint density at radius 1 is 1.17 bits per heavy atom. The van der Waals surface area contributed by atoms with Gasteiger partial charge in [0, 0.05) is 21.8 Å². The Labute approximate surface area is 146 Å². The SMILES string of the molecule is O=C(/C=C/c1cc(Cl)ccc1Cl)Nc1ccc2nc[nH]c(=O)c2c1. The molecule has 0 aliphatic carbocycles. The van der Waals surface area contributed by atoms with Crippen LogP contribution in [0.2, 0.25) is 10.0 Å². The number of halogens is 2. The molecular weight excluding hydrogens is 349 g/mol. The van der Waals surface area contributed by atoms with Crippen LogP contribution in [-0.4, -0.2) is 15.9 Å². The molecule has 1 amide bonds. The van der Waals surface area contributed by atoms with E-state index in [0.29, 0.717) is 32.2 Å². The number of aromatic nitrogens is 2. The maximum atomic E-state index is 12.0. The first-order valence-corrected chi connectivity index (χ1v) is 7.70. The van der Waals surface area contributed by atoms with Gasteiger partial charge in [-0.05, 0) is 48.0 Å². The quantitative estimate of drug-likeness (QED) is 0.696. The first kappa shape index (κ1) is 16.2. The van der Waals surface area contributed by atoms with Gasteiger partial charge in [-0.15, -0.1) is 0 Å². The van der Waals surface area contributed by atoms with E-state index >= 15 is 0 Å². The van der Waals surface area contributed by atoms with Crippen LogP contribution in [-0.2, 0) is 4.79 Å². The number of carbonyl (C=O) groups is 1. The molecule has 0 aliphatic rings. The van der Waals surface area contributed by atoms with E-state index in [1.54, 1.807) is 42.5 Å². The molecular formula is C17H11Cl2N3O2. The highest BCUT2D eigenvalue weighted by Gasteiger charge is 2.04. The van der Waals surface area contributed by atoms with Crippen molar-refractivity contribution in [3.8, 4) is 0 Å². The van der Waals surface area contributed by atoms with Gasteiger partial charge in [-0.3, -0.25) is 9.59 Å². The second kappa shape index (κ2) is 6.86. The summed E-state index contributed by atoms with van der Waals surface area (Å²) in [7, 11) is 0. The van der Waals surface area contributed by atoms with Crippen LogP contribution in [0.5, 0.6) is 0 Å². The van der Waals surface area contributed by atoms with Crippen LogP contribution in [0.1, 0.15) is 5.56 Å². The van der Waals surface area contributed by atoms with Crippen LogP contribution in [0, 0.1) is 0 Å². The first-order valence-electron chi connectivity index (χ1n) is 6.94. The van der Waals surface area contributed by atoms with Gasteiger partial charge in [0.15, 0.2) is 0 Å². The predicted molar refractivity (Wildman–Crippen MR) is 96.5 cm³/mol. The number of fused-ring (bicyclic) bond motifs is 1. The standard InChI is InChI=1S/C17H11Cl2N3O2/c18-11-2-4-14(19)10(7-11)1-6-16(23)22-12-3-5-15-13(8-12)17(24)21-9-20-15/h1-9H,(H,22,23)(H,20,21,24)/b6-1+. The zero-order chi connectivity index (χ0) is 17.1. The molecule has 120 valence electrons. The van der Waals surface area contributed by atoms with Gasteiger partial charge in [0.05, 0.1) is 17.2 Å². The van der Waals surface area contributed by atoms with E-state index in [-0.39, 0.29) is 11.5 Å². The van der Waals surface area contributed by atoms with Crippen LogP contribution >= 0.6 is 23.2 Å². The minimum atomic E-state index is -0.356. The third-order valence-corrected chi connectivity index (χ3v) is 3.86. The number of hydrogen-bond acceptors (Lipinski definition) is 3. The van der Waals surface area contributed by atoms with Crippen molar-refractivity contribution >= 4 is 51.8 Å². The van der Waals surface area contributed by atoms with Crippen LogP contribution in [0.3, 0.4) is 0 Å². The Morgan fingerprint density at radius 3 is 2.83 bits per heavy atom. The highest BCUT2D eigenvalue weighted by molar-refractivity contribution is 6.34. The van der Waals surface area contributed by atoms with Crippen LogP contribution < -0.4 is 10.9 Å². The molecule has 0 aliphatic heterocycles. The van der Waals surface area contributed by atoms with Crippen molar-refractivity contribution in [2.24, 2.45) is 0 Å². The monoisotopic (exact) mass is 359 g/mol. The Morgan fingerprint density at radius 2 is 2.00 bits per heavy atom. The largest absolute Gasteiger partial charge is 0.322 e. The molecule has 2 aromatic carbocycles. The summed E-state index contributed by atoms with van der Waals surface area (Å²) in [6.07, 6.45) is 4.24. The smallest absolute Gasteiger partial charge is 0.258 e. The molecule has 0 fully saturated rings. The molecule has 0 saturated heterocycles. The van der Waals surface area contributed by atoms with E-state index in [4.69, 9.17) is 23.2 Å². The minimum absolute atomic E-state index is 0.266. The predicted octanol–water partition coefficient (Wildman–Crippen LogP) is 3.88. The van der Waals surface area contributed by atoms with Crippen molar-refractivity contribution in [1.82, 2.24) is 9.97 Å². The normalized spacial score (nSPS) is 11.1. The topological polar surface area (TPSA) is 74.8 Å². The Balaban J connectivity index is 1.80. The number of nitrogens with one attached hydrogen (secondary N) is 2. The molecule has 3 rings (SSSR count). The average Bonchev–Trinajstić information content (AvgIpc) is 2.56. The third-order valence-electron chi connectivity index (χ3n) is 3.28. The van der Waals surface area contributed by atoms with E-state index in [9.17, 15) is 9.59 Å². The van der Waals surface area contributed by atoms with Gasteiger partial charge >= 0.3 is 0 Å². The van der Waals surface area contributed by atoms with Crippen LogP contribution in [0.25, 0.3) is 17.0 Å². The Bertz CT molecular complexity index is 1010. The third kappa shape index (κ3) is 3.64. The summed E-state index contributed by atoms with van der Waals surface area (Å²) in [6, 6.07) is 9.89. The summed E-state index contributed by atoms with van der Waals surface area (Å²) in [5.74, 6) is -0.356. The number of anilines is 1. The van der Waals surface area contributed by atoms with Crippen molar-refractivity contribution in [3.05, 3.63) is 74.8 Å². The van der Waals surface area contributed by atoms with Gasteiger partial charge in [-0.2, -0.15) is 0 Å². The van der Waals surface area contributed by atoms with E-state index < -0.39 is 0 Å². The number of H-pyrrole nitrogens is 1. The number of amides is 1. The van der Waals surface area contributed by atoms with Gasteiger partial charge in [0.1, 0.15) is 0 Å². The number of carbonyl (C=O) groups excluding carboxylic acids is 1. The molecule has 1 heterocycles. The van der Waals surface area contributed by atoms with Gasteiger partial charge in [0.2, 0.25) is 5.91 Å². The highest BCUT2D eigenvalue weighted by Crippen LogP contribution is 2.22. The molecule has 0 radical (unpaired) electrons. The summed E-state index contributed by atoms with van der Waals surface area (Å²) in [5, 5.41) is 4.10. The minimum Gasteiger partial charge on any atom is -0.322 e. The maximum Gasteiger partial charge on any atom is 0.258 e. The lowest BCUT2D eigenvalue weighted by molar-refractivity contribution is -0.111. The molecule has 1 aromatic heterocycles. The zero-order valence-electron chi connectivity index (χ0n) is 12.2. The highest BCUT2D eigenvalue weighted by atomic mass is 35.5. The van der Waals surface area contributed by atoms with E-state index in [2.05, 4.69) is 15.3 Å².